The standard InChI is InChI=1S/C15H18FN3/c1-11(17)13-6-3-7-14(16)15(13)19(2)10-12-5-4-8-18-9-12/h3-9,11H,10,17H2,1-2H3/t11-/m1/s1. The molecule has 19 heavy (non-hydrogen) atoms. The van der Waals surface area contributed by atoms with Crippen LogP contribution >= 0.6 is 0 Å². The largest absolute Gasteiger partial charge is 0.368 e. The smallest absolute Gasteiger partial charge is 0.146 e. The van der Waals surface area contributed by atoms with Crippen LogP contribution < -0.4 is 10.6 Å². The Morgan fingerprint density at radius 2 is 2.11 bits per heavy atom. The first-order valence-corrected chi connectivity index (χ1v) is 6.23. The number of nitrogens with zero attached hydrogens (tertiary/aromatic N) is 2. The van der Waals surface area contributed by atoms with Gasteiger partial charge in [0.25, 0.3) is 0 Å². The minimum Gasteiger partial charge on any atom is -0.368 e. The molecule has 0 bridgehead atoms. The second-order valence-electron chi connectivity index (χ2n) is 4.68. The first-order chi connectivity index (χ1) is 9.09. The molecule has 2 aromatic rings. The number of aromatic nitrogens is 1. The van der Waals surface area contributed by atoms with Crippen molar-refractivity contribution in [3.63, 3.8) is 0 Å². The summed E-state index contributed by atoms with van der Waals surface area (Å²) in [4.78, 5) is 5.93. The molecule has 0 saturated carbocycles. The molecule has 1 atom stereocenters. The molecule has 0 aliphatic carbocycles. The molecule has 1 heterocycles. The van der Waals surface area contributed by atoms with E-state index in [4.69, 9.17) is 5.73 Å². The fraction of sp³-hybridized carbons (Fsp3) is 0.267. The van der Waals surface area contributed by atoms with Crippen LogP contribution in [0.25, 0.3) is 0 Å². The molecule has 3 nitrogen and oxygen atoms in total. The average Bonchev–Trinajstić information content (AvgIpc) is 2.39. The van der Waals surface area contributed by atoms with Crippen LogP contribution in [0.2, 0.25) is 0 Å². The van der Waals surface area contributed by atoms with Gasteiger partial charge in [-0.2, -0.15) is 0 Å². The second-order valence-corrected chi connectivity index (χ2v) is 4.68. The maximum atomic E-state index is 14.1. The number of para-hydroxylation sites is 1. The Hall–Kier alpha value is -1.94. The van der Waals surface area contributed by atoms with Crippen LogP contribution in [0.15, 0.2) is 42.7 Å². The van der Waals surface area contributed by atoms with Gasteiger partial charge in [-0.1, -0.05) is 18.2 Å². The number of rotatable bonds is 4. The van der Waals surface area contributed by atoms with Crippen LogP contribution in [0.3, 0.4) is 0 Å². The molecule has 0 aliphatic rings. The minimum absolute atomic E-state index is 0.206. The lowest BCUT2D eigenvalue weighted by Gasteiger charge is -2.24. The fourth-order valence-electron chi connectivity index (χ4n) is 2.15. The molecule has 0 aliphatic heterocycles. The third kappa shape index (κ3) is 3.09. The number of pyridine rings is 1. The van der Waals surface area contributed by atoms with Gasteiger partial charge in [-0.3, -0.25) is 4.98 Å². The number of halogens is 1. The first kappa shape index (κ1) is 13.5. The Bertz CT molecular complexity index is 540. The highest BCUT2D eigenvalue weighted by molar-refractivity contribution is 5.55. The number of benzene rings is 1. The Kier molecular flexibility index (Phi) is 4.12. The molecular formula is C15H18FN3. The third-order valence-electron chi connectivity index (χ3n) is 3.03. The van der Waals surface area contributed by atoms with E-state index in [0.717, 1.165) is 11.1 Å². The van der Waals surface area contributed by atoms with Crippen LogP contribution in [0.4, 0.5) is 10.1 Å². The van der Waals surface area contributed by atoms with Crippen LogP contribution in [0.1, 0.15) is 24.1 Å². The molecule has 1 aromatic heterocycles. The average molecular weight is 259 g/mol. The summed E-state index contributed by atoms with van der Waals surface area (Å²) in [7, 11) is 1.86. The lowest BCUT2D eigenvalue weighted by molar-refractivity contribution is 0.616. The summed E-state index contributed by atoms with van der Waals surface area (Å²) in [5.74, 6) is -0.249. The predicted octanol–water partition coefficient (Wildman–Crippen LogP) is 2.88. The molecule has 0 unspecified atom stereocenters. The third-order valence-corrected chi connectivity index (χ3v) is 3.03. The number of nitrogens with two attached hydrogens (primary N) is 1. The van der Waals surface area contributed by atoms with Crippen molar-refractivity contribution >= 4 is 5.69 Å². The molecule has 0 radical (unpaired) electrons. The van der Waals surface area contributed by atoms with E-state index in [2.05, 4.69) is 4.98 Å². The topological polar surface area (TPSA) is 42.1 Å². The first-order valence-electron chi connectivity index (χ1n) is 6.23. The quantitative estimate of drug-likeness (QED) is 0.918. The van der Waals surface area contributed by atoms with Crippen molar-refractivity contribution in [1.82, 2.24) is 4.98 Å². The lowest BCUT2D eigenvalue weighted by Crippen LogP contribution is -2.21. The van der Waals surface area contributed by atoms with Gasteiger partial charge in [-0.15, -0.1) is 0 Å². The van der Waals surface area contributed by atoms with Gasteiger partial charge in [0.2, 0.25) is 0 Å². The van der Waals surface area contributed by atoms with E-state index in [1.807, 2.05) is 37.1 Å². The van der Waals surface area contributed by atoms with Gasteiger partial charge < -0.3 is 10.6 Å². The van der Waals surface area contributed by atoms with Gasteiger partial charge in [-0.25, -0.2) is 4.39 Å². The predicted molar refractivity (Wildman–Crippen MR) is 75.3 cm³/mol. The number of anilines is 1. The van der Waals surface area contributed by atoms with Gasteiger partial charge in [0.05, 0.1) is 5.69 Å². The number of hydrogen-bond acceptors (Lipinski definition) is 3. The highest BCUT2D eigenvalue weighted by Gasteiger charge is 2.15. The summed E-state index contributed by atoms with van der Waals surface area (Å²) < 4.78 is 14.1. The molecule has 0 amide bonds. The van der Waals surface area contributed by atoms with E-state index in [0.29, 0.717) is 12.2 Å². The summed E-state index contributed by atoms with van der Waals surface area (Å²) in [5, 5.41) is 0. The lowest BCUT2D eigenvalue weighted by atomic mass is 10.1. The van der Waals surface area contributed by atoms with Gasteiger partial charge in [0.15, 0.2) is 0 Å². The zero-order valence-corrected chi connectivity index (χ0v) is 11.2. The van der Waals surface area contributed by atoms with Crippen molar-refractivity contribution in [2.75, 3.05) is 11.9 Å². The normalized spacial score (nSPS) is 12.2. The molecule has 1 aromatic carbocycles. The van der Waals surface area contributed by atoms with Crippen molar-refractivity contribution in [3.8, 4) is 0 Å². The van der Waals surface area contributed by atoms with E-state index >= 15 is 0 Å². The van der Waals surface area contributed by atoms with E-state index in [1.165, 1.54) is 6.07 Å². The highest BCUT2D eigenvalue weighted by Crippen LogP contribution is 2.28. The minimum atomic E-state index is -0.249. The molecule has 4 heteroatoms. The molecule has 0 spiro atoms. The summed E-state index contributed by atoms with van der Waals surface area (Å²) in [5.41, 5.74) is 8.31. The molecular weight excluding hydrogens is 241 g/mol. The zero-order chi connectivity index (χ0) is 13.8. The van der Waals surface area contributed by atoms with E-state index in [1.54, 1.807) is 18.5 Å². The molecule has 0 fully saturated rings. The number of hydrogen-bond donors (Lipinski definition) is 1. The molecule has 2 rings (SSSR count). The van der Waals surface area contributed by atoms with Gasteiger partial charge >= 0.3 is 0 Å². The summed E-state index contributed by atoms with van der Waals surface area (Å²) in [6.07, 6.45) is 3.50. The van der Waals surface area contributed by atoms with E-state index < -0.39 is 0 Å². The van der Waals surface area contributed by atoms with Crippen LogP contribution in [-0.2, 0) is 6.54 Å². The fourth-order valence-corrected chi connectivity index (χ4v) is 2.15. The SMILES string of the molecule is C[C@@H](N)c1cccc(F)c1N(C)Cc1cccnc1. The molecule has 2 N–H and O–H groups in total. The maximum absolute atomic E-state index is 14.1. The van der Waals surface area contributed by atoms with Crippen molar-refractivity contribution in [2.24, 2.45) is 5.73 Å². The monoisotopic (exact) mass is 259 g/mol. The zero-order valence-electron chi connectivity index (χ0n) is 11.2. The van der Waals surface area contributed by atoms with Crippen molar-refractivity contribution < 1.29 is 4.39 Å². The van der Waals surface area contributed by atoms with Gasteiger partial charge in [0, 0.05) is 32.0 Å². The highest BCUT2D eigenvalue weighted by atomic mass is 19.1. The summed E-state index contributed by atoms with van der Waals surface area (Å²) in [6.45, 7) is 2.45. The molecule has 100 valence electrons. The summed E-state index contributed by atoms with van der Waals surface area (Å²) >= 11 is 0. The van der Waals surface area contributed by atoms with Crippen molar-refractivity contribution in [2.45, 2.75) is 19.5 Å². The van der Waals surface area contributed by atoms with E-state index in [9.17, 15) is 4.39 Å². The van der Waals surface area contributed by atoms with E-state index in [-0.39, 0.29) is 11.9 Å². The van der Waals surface area contributed by atoms with Crippen LogP contribution in [0.5, 0.6) is 0 Å². The summed E-state index contributed by atoms with van der Waals surface area (Å²) in [6, 6.07) is 8.65. The second kappa shape index (κ2) is 5.80. The Morgan fingerprint density at radius 1 is 1.32 bits per heavy atom. The van der Waals surface area contributed by atoms with Crippen LogP contribution in [-0.4, -0.2) is 12.0 Å². The Labute approximate surface area is 112 Å². The van der Waals surface area contributed by atoms with Gasteiger partial charge in [-0.05, 0) is 30.2 Å². The molecule has 0 saturated heterocycles. The maximum Gasteiger partial charge on any atom is 0.146 e. The van der Waals surface area contributed by atoms with Crippen molar-refractivity contribution in [1.29, 1.82) is 0 Å². The van der Waals surface area contributed by atoms with Gasteiger partial charge in [0.1, 0.15) is 5.82 Å². The van der Waals surface area contributed by atoms with Crippen LogP contribution in [0, 0.1) is 5.82 Å². The Morgan fingerprint density at radius 3 is 2.74 bits per heavy atom. The van der Waals surface area contributed by atoms with Crippen molar-refractivity contribution in [3.05, 3.63) is 59.7 Å². The Balaban J connectivity index is 2.31.